The molecular formula is C22H22N6O. The summed E-state index contributed by atoms with van der Waals surface area (Å²) in [7, 11) is 0. The molecule has 0 bridgehead atoms. The molecule has 29 heavy (non-hydrogen) atoms. The number of rotatable bonds is 5. The highest BCUT2D eigenvalue weighted by Gasteiger charge is 2.28. The number of ether oxygens (including phenoxy) is 1. The fraction of sp³-hybridized carbons (Fsp3) is 0.364. The Morgan fingerprint density at radius 2 is 1.86 bits per heavy atom. The van der Waals surface area contributed by atoms with Crippen LogP contribution in [0.5, 0.6) is 5.75 Å². The molecule has 0 atom stereocenters. The summed E-state index contributed by atoms with van der Waals surface area (Å²) in [5.41, 5.74) is 2.25. The van der Waals surface area contributed by atoms with E-state index < -0.39 is 0 Å². The van der Waals surface area contributed by atoms with Crippen molar-refractivity contribution in [3.63, 3.8) is 0 Å². The molecule has 146 valence electrons. The van der Waals surface area contributed by atoms with Crippen molar-refractivity contribution in [3.05, 3.63) is 48.3 Å². The van der Waals surface area contributed by atoms with E-state index in [9.17, 15) is 5.26 Å². The Bertz CT molecular complexity index is 1070. The number of hydrogen-bond donors (Lipinski definition) is 1. The second-order valence-electron chi connectivity index (χ2n) is 7.59. The molecule has 0 unspecified atom stereocenters. The molecule has 1 saturated heterocycles. The normalized spacial score (nSPS) is 17.1. The Kier molecular flexibility index (Phi) is 4.60. The van der Waals surface area contributed by atoms with Gasteiger partial charge in [-0.05, 0) is 31.0 Å². The Morgan fingerprint density at radius 1 is 1.03 bits per heavy atom. The monoisotopic (exact) mass is 386 g/mol. The van der Waals surface area contributed by atoms with Crippen LogP contribution in [-0.4, -0.2) is 40.2 Å². The smallest absolute Gasteiger partial charge is 0.172 e. The van der Waals surface area contributed by atoms with Crippen LogP contribution in [-0.2, 0) is 0 Å². The van der Waals surface area contributed by atoms with Crippen LogP contribution in [0.2, 0.25) is 0 Å². The predicted octanol–water partition coefficient (Wildman–Crippen LogP) is 3.52. The lowest BCUT2D eigenvalue weighted by molar-refractivity contribution is 0.170. The summed E-state index contributed by atoms with van der Waals surface area (Å²) in [5, 5.41) is 12.8. The first-order chi connectivity index (χ1) is 14.3. The fourth-order valence-corrected chi connectivity index (χ4v) is 3.66. The van der Waals surface area contributed by atoms with Gasteiger partial charge in [-0.25, -0.2) is 9.97 Å². The molecule has 0 amide bonds. The standard InChI is InChI=1S/C22H22N6O/c23-13-15-3-1-2-4-20(15)29-17-8-11-28(12-9-17)22-21(25-16-5-6-16)26-18-7-10-24-14-19(18)27-22/h1-4,7,10,14,16-17H,5-6,8-9,11-12H2,(H,25,26). The molecule has 0 spiro atoms. The van der Waals surface area contributed by atoms with Crippen molar-refractivity contribution in [1.82, 2.24) is 15.0 Å². The number of para-hydroxylation sites is 1. The maximum Gasteiger partial charge on any atom is 0.172 e. The summed E-state index contributed by atoms with van der Waals surface area (Å²) >= 11 is 0. The number of nitrogens with zero attached hydrogens (tertiary/aromatic N) is 5. The molecule has 7 heteroatoms. The van der Waals surface area contributed by atoms with Crippen LogP contribution < -0.4 is 15.0 Å². The second-order valence-corrected chi connectivity index (χ2v) is 7.59. The van der Waals surface area contributed by atoms with Gasteiger partial charge in [0.1, 0.15) is 23.4 Å². The van der Waals surface area contributed by atoms with Crippen LogP contribution in [0.15, 0.2) is 42.7 Å². The number of nitriles is 1. The van der Waals surface area contributed by atoms with Crippen molar-refractivity contribution in [2.45, 2.75) is 37.8 Å². The highest BCUT2D eigenvalue weighted by molar-refractivity contribution is 5.80. The lowest BCUT2D eigenvalue weighted by Crippen LogP contribution is -2.39. The molecule has 1 aromatic carbocycles. The van der Waals surface area contributed by atoms with E-state index in [1.165, 1.54) is 12.8 Å². The molecule has 3 aromatic rings. The Morgan fingerprint density at radius 3 is 2.66 bits per heavy atom. The van der Waals surface area contributed by atoms with Crippen molar-refractivity contribution in [2.75, 3.05) is 23.3 Å². The lowest BCUT2D eigenvalue weighted by Gasteiger charge is -2.34. The van der Waals surface area contributed by atoms with E-state index in [0.717, 1.165) is 48.6 Å². The van der Waals surface area contributed by atoms with E-state index in [-0.39, 0.29) is 6.10 Å². The van der Waals surface area contributed by atoms with Crippen molar-refractivity contribution >= 4 is 22.7 Å². The van der Waals surface area contributed by atoms with E-state index in [1.807, 2.05) is 24.3 Å². The topological polar surface area (TPSA) is 87.0 Å². The summed E-state index contributed by atoms with van der Waals surface area (Å²) in [4.78, 5) is 16.2. The molecule has 3 heterocycles. The third kappa shape index (κ3) is 3.79. The van der Waals surface area contributed by atoms with Gasteiger partial charge >= 0.3 is 0 Å². The first-order valence-corrected chi connectivity index (χ1v) is 10.1. The highest BCUT2D eigenvalue weighted by atomic mass is 16.5. The molecule has 1 N–H and O–H groups in total. The first-order valence-electron chi connectivity index (χ1n) is 10.1. The van der Waals surface area contributed by atoms with Gasteiger partial charge in [-0.15, -0.1) is 0 Å². The van der Waals surface area contributed by atoms with Gasteiger partial charge in [0, 0.05) is 38.2 Å². The molecule has 2 aromatic heterocycles. The number of benzene rings is 1. The van der Waals surface area contributed by atoms with Crippen molar-refractivity contribution in [2.24, 2.45) is 0 Å². The third-order valence-corrected chi connectivity index (χ3v) is 5.41. The van der Waals surface area contributed by atoms with Crippen LogP contribution >= 0.6 is 0 Å². The Hall–Kier alpha value is -3.40. The zero-order chi connectivity index (χ0) is 19.6. The van der Waals surface area contributed by atoms with Crippen LogP contribution in [0.3, 0.4) is 0 Å². The molecule has 2 fully saturated rings. The fourth-order valence-electron chi connectivity index (χ4n) is 3.66. The first kappa shape index (κ1) is 17.7. The van der Waals surface area contributed by atoms with Gasteiger partial charge in [0.25, 0.3) is 0 Å². The summed E-state index contributed by atoms with van der Waals surface area (Å²) in [5.74, 6) is 2.43. The predicted molar refractivity (Wildman–Crippen MR) is 111 cm³/mol. The largest absolute Gasteiger partial charge is 0.489 e. The number of hydrogen-bond acceptors (Lipinski definition) is 7. The maximum atomic E-state index is 9.27. The molecule has 1 aliphatic carbocycles. The van der Waals surface area contributed by atoms with E-state index >= 15 is 0 Å². The van der Waals surface area contributed by atoms with Gasteiger partial charge in [-0.3, -0.25) is 4.98 Å². The molecule has 2 aliphatic rings. The highest BCUT2D eigenvalue weighted by Crippen LogP contribution is 2.32. The zero-order valence-corrected chi connectivity index (χ0v) is 16.1. The van der Waals surface area contributed by atoms with Crippen LogP contribution in [0.4, 0.5) is 11.6 Å². The van der Waals surface area contributed by atoms with Crippen LogP contribution in [0.1, 0.15) is 31.2 Å². The van der Waals surface area contributed by atoms with Crippen molar-refractivity contribution in [1.29, 1.82) is 5.26 Å². The summed E-state index contributed by atoms with van der Waals surface area (Å²) in [6.07, 6.45) is 7.72. The zero-order valence-electron chi connectivity index (χ0n) is 16.1. The third-order valence-electron chi connectivity index (χ3n) is 5.41. The average Bonchev–Trinajstić information content (AvgIpc) is 3.58. The summed E-state index contributed by atoms with van der Waals surface area (Å²) < 4.78 is 6.13. The number of piperidine rings is 1. The van der Waals surface area contributed by atoms with Crippen molar-refractivity contribution in [3.8, 4) is 11.8 Å². The number of nitrogens with one attached hydrogen (secondary N) is 1. The van der Waals surface area contributed by atoms with Crippen LogP contribution in [0.25, 0.3) is 11.0 Å². The quantitative estimate of drug-likeness (QED) is 0.718. The van der Waals surface area contributed by atoms with Gasteiger partial charge in [0.05, 0.1) is 17.3 Å². The minimum absolute atomic E-state index is 0.0932. The minimum atomic E-state index is 0.0932. The van der Waals surface area contributed by atoms with Gasteiger partial charge < -0.3 is 15.0 Å². The molecule has 1 aliphatic heterocycles. The van der Waals surface area contributed by atoms with Gasteiger partial charge in [0.2, 0.25) is 0 Å². The maximum absolute atomic E-state index is 9.27. The molecule has 1 saturated carbocycles. The van der Waals surface area contributed by atoms with Crippen molar-refractivity contribution < 1.29 is 4.74 Å². The van der Waals surface area contributed by atoms with Gasteiger partial charge in [-0.2, -0.15) is 5.26 Å². The van der Waals surface area contributed by atoms with Gasteiger partial charge in [-0.1, -0.05) is 12.1 Å². The minimum Gasteiger partial charge on any atom is -0.489 e. The van der Waals surface area contributed by atoms with E-state index in [1.54, 1.807) is 18.5 Å². The van der Waals surface area contributed by atoms with E-state index in [4.69, 9.17) is 14.7 Å². The molecule has 0 radical (unpaired) electrons. The number of fused-ring (bicyclic) bond motifs is 1. The molecular weight excluding hydrogens is 364 g/mol. The van der Waals surface area contributed by atoms with Crippen LogP contribution in [0, 0.1) is 11.3 Å². The average molecular weight is 386 g/mol. The summed E-state index contributed by atoms with van der Waals surface area (Å²) in [6.45, 7) is 1.67. The number of pyridine rings is 1. The summed E-state index contributed by atoms with van der Waals surface area (Å²) in [6, 6.07) is 12.0. The van der Waals surface area contributed by atoms with E-state index in [2.05, 4.69) is 21.3 Å². The Balaban J connectivity index is 1.33. The number of aromatic nitrogens is 3. The second kappa shape index (κ2) is 7.55. The molecule has 5 rings (SSSR count). The number of anilines is 2. The lowest BCUT2D eigenvalue weighted by atomic mass is 10.1. The van der Waals surface area contributed by atoms with Gasteiger partial charge in [0.15, 0.2) is 11.6 Å². The SMILES string of the molecule is N#Cc1ccccc1OC1CCN(c2nc3cnccc3nc2NC2CC2)CC1. The Labute approximate surface area is 169 Å². The van der Waals surface area contributed by atoms with E-state index in [0.29, 0.717) is 17.4 Å². The molecule has 7 nitrogen and oxygen atoms in total.